The minimum atomic E-state index is -0.704. The lowest BCUT2D eigenvalue weighted by Crippen LogP contribution is -2.56. The average molecular weight is 344 g/mol. The first-order valence-electron chi connectivity index (χ1n) is 8.44. The fourth-order valence-electron chi connectivity index (χ4n) is 3.31. The van der Waals surface area contributed by atoms with Crippen molar-refractivity contribution in [3.8, 4) is 0 Å². The molecule has 0 spiro atoms. The zero-order valence-corrected chi connectivity index (χ0v) is 14.9. The van der Waals surface area contributed by atoms with Crippen molar-refractivity contribution in [2.24, 2.45) is 0 Å². The van der Waals surface area contributed by atoms with Crippen LogP contribution >= 0.6 is 0 Å². The van der Waals surface area contributed by atoms with Crippen molar-refractivity contribution in [2.75, 3.05) is 26.4 Å². The molecule has 0 N–H and O–H groups in total. The Balaban J connectivity index is 1.59. The molecule has 3 aliphatic rings. The zero-order valence-electron chi connectivity index (χ0n) is 14.9. The van der Waals surface area contributed by atoms with Crippen LogP contribution in [0.1, 0.15) is 27.7 Å². The van der Waals surface area contributed by atoms with Crippen molar-refractivity contribution >= 4 is 0 Å². The van der Waals surface area contributed by atoms with Crippen LogP contribution in [0.4, 0.5) is 0 Å². The minimum Gasteiger partial charge on any atom is -0.376 e. The number of hydrogen-bond acceptors (Lipinski definition) is 7. The lowest BCUT2D eigenvalue weighted by molar-refractivity contribution is -0.243. The molecule has 0 radical (unpaired) electrons. The first kappa shape index (κ1) is 18.3. The number of fused-ring (bicyclic) bond motifs is 3. The highest BCUT2D eigenvalue weighted by Gasteiger charge is 2.60. The molecule has 3 rings (SSSR count). The number of ether oxygens (including phenoxy) is 7. The SMILES string of the molecule is C=CCOCCOC[C@H]1O[C@@H]2OC(C)(C)O[C@@H]2[C@H]2OC(C)(C)O[C@H]21. The fraction of sp³-hybridized carbons (Fsp3) is 0.882. The van der Waals surface area contributed by atoms with E-state index in [-0.39, 0.29) is 24.4 Å². The van der Waals surface area contributed by atoms with Crippen LogP contribution in [-0.2, 0) is 33.2 Å². The third-order valence-corrected chi connectivity index (χ3v) is 4.14. The second-order valence-corrected chi connectivity index (χ2v) is 7.15. The van der Waals surface area contributed by atoms with Gasteiger partial charge in [-0.2, -0.15) is 0 Å². The van der Waals surface area contributed by atoms with Crippen molar-refractivity contribution in [1.82, 2.24) is 0 Å². The summed E-state index contributed by atoms with van der Waals surface area (Å²) in [6.45, 7) is 13.0. The van der Waals surface area contributed by atoms with Crippen LogP contribution in [0.25, 0.3) is 0 Å². The van der Waals surface area contributed by atoms with E-state index >= 15 is 0 Å². The predicted octanol–water partition coefficient (Wildman–Crippen LogP) is 1.60. The molecule has 3 heterocycles. The smallest absolute Gasteiger partial charge is 0.190 e. The van der Waals surface area contributed by atoms with E-state index in [4.69, 9.17) is 33.2 Å². The summed E-state index contributed by atoms with van der Waals surface area (Å²) in [6, 6.07) is 0. The van der Waals surface area contributed by atoms with Crippen LogP contribution in [0.5, 0.6) is 0 Å². The maximum absolute atomic E-state index is 6.05. The monoisotopic (exact) mass is 344 g/mol. The lowest BCUT2D eigenvalue weighted by Gasteiger charge is -2.37. The van der Waals surface area contributed by atoms with E-state index in [1.54, 1.807) is 6.08 Å². The molecule has 0 aliphatic carbocycles. The number of rotatable bonds is 7. The Hall–Kier alpha value is -0.540. The van der Waals surface area contributed by atoms with Crippen LogP contribution in [-0.4, -0.2) is 68.7 Å². The molecule has 0 unspecified atom stereocenters. The van der Waals surface area contributed by atoms with Crippen LogP contribution in [0.15, 0.2) is 12.7 Å². The molecule has 24 heavy (non-hydrogen) atoms. The highest BCUT2D eigenvalue weighted by molar-refractivity contribution is 5.00. The molecule has 7 heteroatoms. The van der Waals surface area contributed by atoms with E-state index in [2.05, 4.69) is 6.58 Å². The summed E-state index contributed by atoms with van der Waals surface area (Å²) in [4.78, 5) is 0. The van der Waals surface area contributed by atoms with Crippen molar-refractivity contribution in [3.05, 3.63) is 12.7 Å². The predicted molar refractivity (Wildman–Crippen MR) is 84.4 cm³/mol. The van der Waals surface area contributed by atoms with E-state index < -0.39 is 17.9 Å². The molecule has 0 aromatic carbocycles. The lowest BCUT2D eigenvalue weighted by atomic mass is 9.99. The van der Waals surface area contributed by atoms with Gasteiger partial charge in [0.05, 0.1) is 26.4 Å². The molecule has 3 fully saturated rings. The topological polar surface area (TPSA) is 64.6 Å². The van der Waals surface area contributed by atoms with E-state index in [0.29, 0.717) is 26.4 Å². The summed E-state index contributed by atoms with van der Waals surface area (Å²) in [6.07, 6.45) is 0.136. The molecule has 0 aromatic rings. The molecule has 3 saturated heterocycles. The van der Waals surface area contributed by atoms with Gasteiger partial charge in [0.2, 0.25) is 0 Å². The van der Waals surface area contributed by atoms with E-state index in [9.17, 15) is 0 Å². The third-order valence-electron chi connectivity index (χ3n) is 4.14. The summed E-state index contributed by atoms with van der Waals surface area (Å²) >= 11 is 0. The van der Waals surface area contributed by atoms with Crippen molar-refractivity contribution in [2.45, 2.75) is 70.0 Å². The first-order chi connectivity index (χ1) is 11.3. The standard InChI is InChI=1S/C17H28O7/c1-6-7-18-8-9-19-10-11-12-13(22-16(2,3)21-12)14-15(20-11)24-17(4,5)23-14/h6,11-15H,1,7-10H2,2-5H3/t11-,12+,13+,14-,15-/m1/s1. The quantitative estimate of drug-likeness (QED) is 0.513. The van der Waals surface area contributed by atoms with Crippen molar-refractivity contribution < 1.29 is 33.2 Å². The third kappa shape index (κ3) is 3.99. The second kappa shape index (κ2) is 6.99. The Morgan fingerprint density at radius 2 is 1.50 bits per heavy atom. The van der Waals surface area contributed by atoms with E-state index in [0.717, 1.165) is 0 Å². The molecular weight excluding hydrogens is 316 g/mol. The van der Waals surface area contributed by atoms with Gasteiger partial charge >= 0.3 is 0 Å². The maximum atomic E-state index is 6.05. The summed E-state index contributed by atoms with van der Waals surface area (Å²) < 4.78 is 40.9. The highest BCUT2D eigenvalue weighted by Crippen LogP contribution is 2.44. The second-order valence-electron chi connectivity index (χ2n) is 7.15. The van der Waals surface area contributed by atoms with Crippen molar-refractivity contribution in [1.29, 1.82) is 0 Å². The summed E-state index contributed by atoms with van der Waals surface area (Å²) in [5, 5.41) is 0. The Bertz CT molecular complexity index is 450. The van der Waals surface area contributed by atoms with Gasteiger partial charge in [0.1, 0.15) is 24.4 Å². The Morgan fingerprint density at radius 3 is 2.25 bits per heavy atom. The molecular formula is C17H28O7. The largest absolute Gasteiger partial charge is 0.376 e. The maximum Gasteiger partial charge on any atom is 0.190 e. The van der Waals surface area contributed by atoms with E-state index in [1.165, 1.54) is 0 Å². The molecule has 0 saturated carbocycles. The van der Waals surface area contributed by atoms with Gasteiger partial charge in [-0.15, -0.1) is 6.58 Å². The molecule has 7 nitrogen and oxygen atoms in total. The Labute approximate surface area is 143 Å². The van der Waals surface area contributed by atoms with Gasteiger partial charge < -0.3 is 33.2 Å². The summed E-state index contributed by atoms with van der Waals surface area (Å²) in [5.41, 5.74) is 0. The molecule has 3 aliphatic heterocycles. The molecule has 138 valence electrons. The van der Waals surface area contributed by atoms with Gasteiger partial charge in [-0.05, 0) is 27.7 Å². The summed E-state index contributed by atoms with van der Waals surface area (Å²) in [7, 11) is 0. The molecule has 0 bridgehead atoms. The van der Waals surface area contributed by atoms with Gasteiger partial charge in [0, 0.05) is 0 Å². The van der Waals surface area contributed by atoms with Gasteiger partial charge in [0.25, 0.3) is 0 Å². The van der Waals surface area contributed by atoms with Crippen LogP contribution in [0, 0.1) is 0 Å². The highest BCUT2D eigenvalue weighted by atomic mass is 16.9. The van der Waals surface area contributed by atoms with Gasteiger partial charge in [-0.1, -0.05) is 6.08 Å². The van der Waals surface area contributed by atoms with Gasteiger partial charge in [0.15, 0.2) is 17.9 Å². The average Bonchev–Trinajstić information content (AvgIpc) is 2.97. The zero-order chi connectivity index (χ0) is 17.4. The Kier molecular flexibility index (Phi) is 5.32. The first-order valence-corrected chi connectivity index (χ1v) is 8.44. The van der Waals surface area contributed by atoms with Crippen LogP contribution in [0.3, 0.4) is 0 Å². The normalized spacial score (nSPS) is 39.4. The van der Waals surface area contributed by atoms with Gasteiger partial charge in [-0.25, -0.2) is 0 Å². The van der Waals surface area contributed by atoms with E-state index in [1.807, 2.05) is 27.7 Å². The Morgan fingerprint density at radius 1 is 0.875 bits per heavy atom. The van der Waals surface area contributed by atoms with Crippen molar-refractivity contribution in [3.63, 3.8) is 0 Å². The molecule has 0 aromatic heterocycles. The minimum absolute atomic E-state index is 0.244. The fourth-order valence-corrected chi connectivity index (χ4v) is 3.31. The van der Waals surface area contributed by atoms with Crippen LogP contribution in [0.2, 0.25) is 0 Å². The number of hydrogen-bond donors (Lipinski definition) is 0. The van der Waals surface area contributed by atoms with Gasteiger partial charge in [-0.3, -0.25) is 0 Å². The molecule has 0 amide bonds. The van der Waals surface area contributed by atoms with Crippen LogP contribution < -0.4 is 0 Å². The summed E-state index contributed by atoms with van der Waals surface area (Å²) in [5.74, 6) is -1.39. The molecule has 5 atom stereocenters.